The van der Waals surface area contributed by atoms with Crippen molar-refractivity contribution in [2.45, 2.75) is 66.2 Å². The summed E-state index contributed by atoms with van der Waals surface area (Å²) in [4.78, 5) is 5.22. The molecule has 1 unspecified atom stereocenters. The largest absolute Gasteiger partial charge is 0.456 e. The molecule has 3 heteroatoms. The molecule has 1 atom stereocenters. The SMILES string of the molecule is CC(=N/C(=C\C(C)c1ccccc1)c1ccccc1)c1ccc(-c2ccc3oc4cc5c(cc4c3c2)-c2cc3c4ccccc4n(-c4ccccc4)c3cc2C5(C)C)cc1.CCC(C)C. The summed E-state index contributed by atoms with van der Waals surface area (Å²) in [6.07, 6.45) is 3.58. The zero-order valence-corrected chi connectivity index (χ0v) is 38.6. The van der Waals surface area contributed by atoms with Crippen molar-refractivity contribution in [2.24, 2.45) is 10.9 Å². The summed E-state index contributed by atoms with van der Waals surface area (Å²) in [6.45, 7) is 15.7. The number of hydrogen-bond acceptors (Lipinski definition) is 2. The fourth-order valence-corrected chi connectivity index (χ4v) is 9.54. The Morgan fingerprint density at radius 3 is 1.85 bits per heavy atom. The molecule has 0 amide bonds. The minimum atomic E-state index is -0.198. The van der Waals surface area contributed by atoms with Crippen molar-refractivity contribution >= 4 is 55.2 Å². The molecule has 0 aliphatic heterocycles. The molecule has 0 spiro atoms. The van der Waals surface area contributed by atoms with E-state index in [0.717, 1.165) is 61.5 Å². The Hall–Kier alpha value is -7.23. The lowest BCUT2D eigenvalue weighted by molar-refractivity contribution is 0.626. The van der Waals surface area contributed by atoms with Crippen LogP contribution in [0.5, 0.6) is 0 Å². The average Bonchev–Trinajstić information content (AvgIpc) is 3.95. The molecule has 11 rings (SSSR count). The van der Waals surface area contributed by atoms with E-state index >= 15 is 0 Å². The van der Waals surface area contributed by atoms with Gasteiger partial charge in [-0.25, -0.2) is 0 Å². The minimum Gasteiger partial charge on any atom is -0.456 e. The maximum Gasteiger partial charge on any atom is 0.135 e. The summed E-state index contributed by atoms with van der Waals surface area (Å²) in [5.41, 5.74) is 18.3. The molecule has 10 aromatic rings. The summed E-state index contributed by atoms with van der Waals surface area (Å²) in [7, 11) is 0. The Kier molecular flexibility index (Phi) is 11.0. The van der Waals surface area contributed by atoms with Gasteiger partial charge in [-0.1, -0.05) is 181 Å². The van der Waals surface area contributed by atoms with Gasteiger partial charge in [0.1, 0.15) is 11.2 Å². The molecule has 320 valence electrons. The quantitative estimate of drug-likeness (QED) is 0.140. The van der Waals surface area contributed by atoms with Gasteiger partial charge in [0.05, 0.1) is 16.7 Å². The van der Waals surface area contributed by atoms with E-state index in [4.69, 9.17) is 9.41 Å². The van der Waals surface area contributed by atoms with E-state index in [0.29, 0.717) is 0 Å². The topological polar surface area (TPSA) is 30.4 Å². The van der Waals surface area contributed by atoms with Gasteiger partial charge in [0.25, 0.3) is 0 Å². The highest BCUT2D eigenvalue weighted by Gasteiger charge is 2.37. The van der Waals surface area contributed by atoms with E-state index in [1.54, 1.807) is 0 Å². The van der Waals surface area contributed by atoms with Crippen LogP contribution in [0.25, 0.3) is 77.4 Å². The lowest BCUT2D eigenvalue weighted by atomic mass is 9.82. The standard InChI is InChI=1S/C57H44N2O.C5H12/c1-36(38-16-8-5-9-17-38)30-52(41-18-10-6-11-19-41)58-37(2)39-24-26-40(27-25-39)42-28-29-55-48(31-42)49-33-46-45-32-47-44-22-14-15-23-53(44)59(43-20-12-7-13-21-43)54(47)34-50(45)57(3,4)51(46)35-56(49)60-55;1-4-5(2)3/h5-36H,1-4H3;5H,4H2,1-3H3/b52-30-,58-37?;. The fraction of sp³-hybridized carbons (Fsp3) is 0.177. The van der Waals surface area contributed by atoms with Gasteiger partial charge in [-0.2, -0.15) is 0 Å². The second-order valence-electron chi connectivity index (χ2n) is 18.6. The van der Waals surface area contributed by atoms with Crippen LogP contribution in [0.4, 0.5) is 0 Å². The smallest absolute Gasteiger partial charge is 0.135 e. The third kappa shape index (κ3) is 7.69. The number of benzene rings is 8. The molecular weight excluding hydrogens is 789 g/mol. The zero-order valence-electron chi connectivity index (χ0n) is 38.6. The molecule has 0 N–H and O–H groups in total. The van der Waals surface area contributed by atoms with Crippen LogP contribution in [-0.2, 0) is 5.41 Å². The molecule has 2 aromatic heterocycles. The van der Waals surface area contributed by atoms with Gasteiger partial charge in [0.2, 0.25) is 0 Å². The first-order chi connectivity index (χ1) is 31.6. The van der Waals surface area contributed by atoms with E-state index in [2.05, 4.69) is 241 Å². The van der Waals surface area contributed by atoms with E-state index in [1.807, 2.05) is 0 Å². The van der Waals surface area contributed by atoms with E-state index < -0.39 is 0 Å². The van der Waals surface area contributed by atoms with Gasteiger partial charge in [0, 0.05) is 44.3 Å². The first-order valence-electron chi connectivity index (χ1n) is 23.2. The zero-order chi connectivity index (χ0) is 44.8. The monoisotopic (exact) mass is 844 g/mol. The van der Waals surface area contributed by atoms with E-state index in [9.17, 15) is 0 Å². The Labute approximate surface area is 383 Å². The molecule has 0 radical (unpaired) electrons. The average molecular weight is 845 g/mol. The number of hydrogen-bond donors (Lipinski definition) is 0. The van der Waals surface area contributed by atoms with Crippen LogP contribution < -0.4 is 0 Å². The highest BCUT2D eigenvalue weighted by atomic mass is 16.3. The predicted octanol–water partition coefficient (Wildman–Crippen LogP) is 17.4. The molecule has 65 heavy (non-hydrogen) atoms. The Balaban J connectivity index is 0.000000946. The van der Waals surface area contributed by atoms with Crippen LogP contribution in [0.3, 0.4) is 0 Å². The maximum atomic E-state index is 6.61. The number of fused-ring (bicyclic) bond motifs is 9. The van der Waals surface area contributed by atoms with Crippen LogP contribution in [0, 0.1) is 5.92 Å². The summed E-state index contributed by atoms with van der Waals surface area (Å²) < 4.78 is 9.03. The number of nitrogens with zero attached hydrogens (tertiary/aromatic N) is 2. The number of aliphatic imine (C=N–C) groups is 1. The Morgan fingerprint density at radius 1 is 0.569 bits per heavy atom. The van der Waals surface area contributed by atoms with Crippen LogP contribution in [0.1, 0.15) is 88.6 Å². The molecule has 2 heterocycles. The maximum absolute atomic E-state index is 6.61. The van der Waals surface area contributed by atoms with Gasteiger partial charge in [-0.3, -0.25) is 4.99 Å². The van der Waals surface area contributed by atoms with E-state index in [1.165, 1.54) is 61.7 Å². The van der Waals surface area contributed by atoms with Crippen LogP contribution in [-0.4, -0.2) is 10.3 Å². The number of furan rings is 1. The van der Waals surface area contributed by atoms with Crippen molar-refractivity contribution in [1.29, 1.82) is 0 Å². The third-order valence-corrected chi connectivity index (χ3v) is 13.6. The molecule has 1 aliphatic rings. The van der Waals surface area contributed by atoms with Gasteiger partial charge in [0.15, 0.2) is 0 Å². The first-order valence-corrected chi connectivity index (χ1v) is 23.2. The summed E-state index contributed by atoms with van der Waals surface area (Å²) in [6, 6.07) is 65.6. The van der Waals surface area contributed by atoms with Crippen molar-refractivity contribution in [3.05, 3.63) is 216 Å². The molecule has 3 nitrogen and oxygen atoms in total. The molecule has 0 fully saturated rings. The van der Waals surface area contributed by atoms with Gasteiger partial charge in [-0.15, -0.1) is 0 Å². The van der Waals surface area contributed by atoms with Gasteiger partial charge in [-0.05, 0) is 118 Å². The van der Waals surface area contributed by atoms with Crippen molar-refractivity contribution in [3.8, 4) is 27.9 Å². The Bertz CT molecular complexity index is 3400. The molecule has 0 saturated carbocycles. The summed E-state index contributed by atoms with van der Waals surface area (Å²) >= 11 is 0. The molecule has 8 aromatic carbocycles. The molecule has 1 aliphatic carbocycles. The third-order valence-electron chi connectivity index (χ3n) is 13.6. The van der Waals surface area contributed by atoms with Crippen LogP contribution in [0.15, 0.2) is 197 Å². The lowest BCUT2D eigenvalue weighted by Crippen LogP contribution is -2.15. The number of aromatic nitrogens is 1. The fourth-order valence-electron chi connectivity index (χ4n) is 9.54. The van der Waals surface area contributed by atoms with Gasteiger partial charge >= 0.3 is 0 Å². The highest BCUT2D eigenvalue weighted by Crippen LogP contribution is 2.53. The molecule has 0 bridgehead atoms. The van der Waals surface area contributed by atoms with Crippen molar-refractivity contribution in [1.82, 2.24) is 4.57 Å². The summed E-state index contributed by atoms with van der Waals surface area (Å²) in [5, 5.41) is 4.81. The van der Waals surface area contributed by atoms with Crippen molar-refractivity contribution in [3.63, 3.8) is 0 Å². The van der Waals surface area contributed by atoms with Crippen LogP contribution in [0.2, 0.25) is 0 Å². The summed E-state index contributed by atoms with van der Waals surface area (Å²) in [5.74, 6) is 1.11. The van der Waals surface area contributed by atoms with Crippen molar-refractivity contribution in [2.75, 3.05) is 0 Å². The lowest BCUT2D eigenvalue weighted by Gasteiger charge is -2.21. The minimum absolute atomic E-state index is 0.198. The second kappa shape index (κ2) is 17.0. The van der Waals surface area contributed by atoms with Crippen molar-refractivity contribution < 1.29 is 4.42 Å². The predicted molar refractivity (Wildman–Crippen MR) is 278 cm³/mol. The second-order valence-corrected chi connectivity index (χ2v) is 18.6. The normalized spacial score (nSPS) is 13.9. The first kappa shape index (κ1) is 41.8. The highest BCUT2D eigenvalue weighted by molar-refractivity contribution is 6.13. The number of rotatable bonds is 8. The number of para-hydroxylation sites is 2. The molecular formula is C62H56N2O. The van der Waals surface area contributed by atoms with E-state index in [-0.39, 0.29) is 11.3 Å². The Morgan fingerprint density at radius 2 is 1.15 bits per heavy atom. The van der Waals surface area contributed by atoms with Gasteiger partial charge < -0.3 is 8.98 Å². The number of allylic oxidation sites excluding steroid dienone is 1. The van der Waals surface area contributed by atoms with Crippen LogP contribution >= 0.6 is 0 Å². The molecule has 0 saturated heterocycles.